The molecule has 0 saturated carbocycles. The fourth-order valence-corrected chi connectivity index (χ4v) is 5.05. The number of methoxy groups -OCH3 is 2. The summed E-state index contributed by atoms with van der Waals surface area (Å²) in [4.78, 5) is 40.5. The molecule has 3 amide bonds. The van der Waals surface area contributed by atoms with E-state index in [1.54, 1.807) is 12.1 Å². The molecular weight excluding hydrogens is 529 g/mol. The van der Waals surface area contributed by atoms with E-state index in [0.717, 1.165) is 23.8 Å². The number of nitrogens with two attached hydrogens (primary N) is 2. The van der Waals surface area contributed by atoms with Crippen molar-refractivity contribution in [3.8, 4) is 11.5 Å². The molecule has 2 aromatic carbocycles. The molecule has 0 bridgehead atoms. The molecule has 11 nitrogen and oxygen atoms in total. The van der Waals surface area contributed by atoms with E-state index in [0.29, 0.717) is 35.2 Å². The number of rotatable bonds is 10. The van der Waals surface area contributed by atoms with E-state index in [1.165, 1.54) is 38.5 Å². The maximum absolute atomic E-state index is 15.3. The van der Waals surface area contributed by atoms with E-state index in [9.17, 15) is 14.4 Å². The van der Waals surface area contributed by atoms with Gasteiger partial charge in [0, 0.05) is 13.2 Å². The first kappa shape index (κ1) is 27.8. The molecule has 1 aliphatic rings. The van der Waals surface area contributed by atoms with Gasteiger partial charge in [0.1, 0.15) is 16.7 Å². The molecule has 1 aliphatic heterocycles. The third kappa shape index (κ3) is 5.78. The number of hydrogen-bond acceptors (Lipinski definition) is 9. The molecular formula is C26H28FN5O6S. The van der Waals surface area contributed by atoms with Crippen LogP contribution in [0.1, 0.15) is 44.6 Å². The van der Waals surface area contributed by atoms with Gasteiger partial charge in [-0.2, -0.15) is 4.37 Å². The maximum atomic E-state index is 15.3. The molecule has 206 valence electrons. The molecule has 0 radical (unpaired) electrons. The van der Waals surface area contributed by atoms with Crippen molar-refractivity contribution in [3.05, 3.63) is 64.4 Å². The van der Waals surface area contributed by atoms with Crippen molar-refractivity contribution in [1.29, 1.82) is 0 Å². The number of para-hydroxylation sites is 1. The van der Waals surface area contributed by atoms with Crippen molar-refractivity contribution in [1.82, 2.24) is 9.69 Å². The third-order valence-corrected chi connectivity index (χ3v) is 7.10. The summed E-state index contributed by atoms with van der Waals surface area (Å²) in [5.41, 5.74) is 10.9. The van der Waals surface area contributed by atoms with Gasteiger partial charge in [0.05, 0.1) is 31.7 Å². The van der Waals surface area contributed by atoms with Gasteiger partial charge in [0.25, 0.3) is 11.8 Å². The summed E-state index contributed by atoms with van der Waals surface area (Å²) in [6.07, 6.45) is 1.45. The summed E-state index contributed by atoms with van der Waals surface area (Å²) in [5.74, 6) is -2.46. The zero-order chi connectivity index (χ0) is 28.1. The van der Waals surface area contributed by atoms with Crippen LogP contribution in [0.2, 0.25) is 0 Å². The predicted molar refractivity (Wildman–Crippen MR) is 143 cm³/mol. The van der Waals surface area contributed by atoms with Crippen LogP contribution in [0.15, 0.2) is 42.5 Å². The molecule has 39 heavy (non-hydrogen) atoms. The van der Waals surface area contributed by atoms with Crippen LogP contribution in [-0.2, 0) is 9.53 Å². The number of nitrogens with one attached hydrogen (secondary N) is 1. The Morgan fingerprint density at radius 1 is 1.21 bits per heavy atom. The number of halogens is 1. The van der Waals surface area contributed by atoms with Crippen LogP contribution < -0.4 is 31.2 Å². The number of ether oxygens (including phenoxy) is 3. The average Bonchev–Trinajstić information content (AvgIpc) is 3.60. The Bertz CT molecular complexity index is 1380. The summed E-state index contributed by atoms with van der Waals surface area (Å²) < 4.78 is 35.5. The van der Waals surface area contributed by atoms with E-state index < -0.39 is 29.6 Å². The fourth-order valence-electron chi connectivity index (χ4n) is 4.31. The topological polar surface area (TPSA) is 159 Å². The second-order valence-electron chi connectivity index (χ2n) is 8.66. The molecule has 13 heteroatoms. The molecule has 0 aliphatic carbocycles. The smallest absolute Gasteiger partial charge is 0.273 e. The van der Waals surface area contributed by atoms with Gasteiger partial charge in [-0.15, -0.1) is 0 Å². The maximum Gasteiger partial charge on any atom is 0.273 e. The number of benzene rings is 2. The highest BCUT2D eigenvalue weighted by Crippen LogP contribution is 2.37. The Hall–Kier alpha value is -4.23. The largest absolute Gasteiger partial charge is 0.493 e. The van der Waals surface area contributed by atoms with Gasteiger partial charge in [0.2, 0.25) is 5.91 Å². The number of amides is 3. The molecule has 1 saturated heterocycles. The molecule has 0 spiro atoms. The van der Waals surface area contributed by atoms with Crippen molar-refractivity contribution in [2.75, 3.05) is 38.0 Å². The lowest BCUT2D eigenvalue weighted by Crippen LogP contribution is -2.46. The highest BCUT2D eigenvalue weighted by molar-refractivity contribution is 7.09. The van der Waals surface area contributed by atoms with Crippen LogP contribution in [0.4, 0.5) is 15.8 Å². The molecule has 0 unspecified atom stereocenters. The number of hydrogen-bond donors (Lipinski definition) is 3. The standard InChI is InChI=1S/C26H28FN5O6S/c1-36-18-10-9-14(12-19(18)37-2)22(25(34)30-13-15-6-5-11-38-15)32(17-8-4-3-7-16(17)27)26(35)23-20(28)21(24(29)33)31-39-23/h3-4,7-10,12,15,22H,5-6,11,13,28H2,1-2H3,(H2,29,33)(H,30,34)/t15-,22+/m0/s1. The molecule has 3 aromatic rings. The molecule has 4 rings (SSSR count). The van der Waals surface area contributed by atoms with E-state index in [-0.39, 0.29) is 34.6 Å². The van der Waals surface area contributed by atoms with Gasteiger partial charge in [-0.3, -0.25) is 19.3 Å². The molecule has 5 N–H and O–H groups in total. The van der Waals surface area contributed by atoms with Crippen molar-refractivity contribution in [2.45, 2.75) is 25.0 Å². The average molecular weight is 558 g/mol. The Labute approximate surface area is 228 Å². The third-order valence-electron chi connectivity index (χ3n) is 6.24. The summed E-state index contributed by atoms with van der Waals surface area (Å²) in [6.45, 7) is 0.781. The van der Waals surface area contributed by atoms with E-state index in [2.05, 4.69) is 9.69 Å². The number of carbonyl (C=O) groups is 3. The van der Waals surface area contributed by atoms with E-state index in [1.807, 2.05) is 0 Å². The Kier molecular flexibility index (Phi) is 8.62. The van der Waals surface area contributed by atoms with Crippen molar-refractivity contribution in [2.24, 2.45) is 5.73 Å². The van der Waals surface area contributed by atoms with Gasteiger partial charge in [-0.1, -0.05) is 18.2 Å². The zero-order valence-electron chi connectivity index (χ0n) is 21.3. The molecule has 1 aromatic heterocycles. The zero-order valence-corrected chi connectivity index (χ0v) is 22.1. The van der Waals surface area contributed by atoms with Crippen LogP contribution in [0.5, 0.6) is 11.5 Å². The first-order chi connectivity index (χ1) is 18.8. The van der Waals surface area contributed by atoms with E-state index in [4.69, 9.17) is 25.7 Å². The Morgan fingerprint density at radius 2 is 1.95 bits per heavy atom. The minimum Gasteiger partial charge on any atom is -0.493 e. The highest BCUT2D eigenvalue weighted by atomic mass is 32.1. The number of anilines is 2. The van der Waals surface area contributed by atoms with Crippen molar-refractivity contribution >= 4 is 40.6 Å². The molecule has 2 atom stereocenters. The number of nitrogen functional groups attached to an aromatic ring is 1. The lowest BCUT2D eigenvalue weighted by atomic mass is 10.0. The summed E-state index contributed by atoms with van der Waals surface area (Å²) in [7, 11) is 2.89. The second kappa shape index (κ2) is 12.1. The normalized spacial score (nSPS) is 15.4. The first-order valence-electron chi connectivity index (χ1n) is 12.0. The lowest BCUT2D eigenvalue weighted by molar-refractivity contribution is -0.123. The number of aromatic nitrogens is 1. The van der Waals surface area contributed by atoms with Gasteiger partial charge in [-0.25, -0.2) is 4.39 Å². The summed E-state index contributed by atoms with van der Waals surface area (Å²) in [5, 5.41) is 2.83. The first-order valence-corrected chi connectivity index (χ1v) is 12.8. The van der Waals surface area contributed by atoms with Gasteiger partial charge in [0.15, 0.2) is 17.2 Å². The van der Waals surface area contributed by atoms with Crippen LogP contribution in [0.3, 0.4) is 0 Å². The van der Waals surface area contributed by atoms with Crippen LogP contribution in [0.25, 0.3) is 0 Å². The van der Waals surface area contributed by atoms with Crippen molar-refractivity contribution in [3.63, 3.8) is 0 Å². The molecule has 2 heterocycles. The Balaban J connectivity index is 1.87. The van der Waals surface area contributed by atoms with Gasteiger partial charge >= 0.3 is 0 Å². The lowest BCUT2D eigenvalue weighted by Gasteiger charge is -2.32. The van der Waals surface area contributed by atoms with E-state index >= 15 is 4.39 Å². The van der Waals surface area contributed by atoms with Gasteiger partial charge in [-0.05, 0) is 54.2 Å². The minimum absolute atomic E-state index is 0.176. The number of nitrogens with zero attached hydrogens (tertiary/aromatic N) is 2. The predicted octanol–water partition coefficient (Wildman–Crippen LogP) is 2.66. The summed E-state index contributed by atoms with van der Waals surface area (Å²) >= 11 is 0.627. The highest BCUT2D eigenvalue weighted by Gasteiger charge is 2.38. The molecule has 1 fully saturated rings. The van der Waals surface area contributed by atoms with Crippen LogP contribution in [0, 0.1) is 5.82 Å². The van der Waals surface area contributed by atoms with Crippen LogP contribution in [-0.4, -0.2) is 55.6 Å². The second-order valence-corrected chi connectivity index (χ2v) is 9.44. The number of primary amides is 1. The Morgan fingerprint density at radius 3 is 2.56 bits per heavy atom. The monoisotopic (exact) mass is 557 g/mol. The van der Waals surface area contributed by atoms with Crippen LogP contribution >= 0.6 is 11.5 Å². The van der Waals surface area contributed by atoms with Crippen molar-refractivity contribution < 1.29 is 33.0 Å². The number of carbonyl (C=O) groups excluding carboxylic acids is 3. The quantitative estimate of drug-likeness (QED) is 0.343. The minimum atomic E-state index is -1.39. The fraction of sp³-hybridized carbons (Fsp3) is 0.308. The summed E-state index contributed by atoms with van der Waals surface area (Å²) in [6, 6.07) is 8.79. The SMILES string of the molecule is COc1ccc([C@H](C(=O)NC[C@@H]2CCCO2)N(C(=O)c2snc(C(N)=O)c2N)c2ccccc2F)cc1OC. The van der Waals surface area contributed by atoms with Gasteiger partial charge < -0.3 is 31.0 Å².